The van der Waals surface area contributed by atoms with Crippen molar-refractivity contribution >= 4 is 35.4 Å². The number of rotatable bonds is 3. The van der Waals surface area contributed by atoms with Crippen LogP contribution in [0.25, 0.3) is 9.31 Å². The monoisotopic (exact) mass is 344 g/mol. The van der Waals surface area contributed by atoms with Crippen LogP contribution in [0, 0.1) is 10.1 Å². The maximum atomic E-state index is 10.7. The molecule has 0 amide bonds. The van der Waals surface area contributed by atoms with E-state index >= 15 is 0 Å². The fraction of sp³-hybridized carbons (Fsp3) is 0.333. The number of ether oxygens (including phenoxy) is 1. The van der Waals surface area contributed by atoms with Crippen LogP contribution in [0.1, 0.15) is 0 Å². The molecule has 0 radical (unpaired) electrons. The molecule has 0 aromatic carbocycles. The molecule has 1 aliphatic heterocycles. The number of nitrogens with zero attached hydrogens (tertiary/aromatic N) is 2. The second kappa shape index (κ2) is 5.46. The SMILES string of the molecule is O=[N+]([O-])c1ccc(-c2ccc(N3CCOCC3)[se]2)s1. The van der Waals surface area contributed by atoms with Crippen LogP contribution in [0.5, 0.6) is 0 Å². The van der Waals surface area contributed by atoms with Crippen LogP contribution in [0.4, 0.5) is 9.56 Å². The van der Waals surface area contributed by atoms with E-state index in [2.05, 4.69) is 17.0 Å². The number of nitro groups is 1. The molecule has 19 heavy (non-hydrogen) atoms. The van der Waals surface area contributed by atoms with Gasteiger partial charge in [0.25, 0.3) is 0 Å². The normalized spacial score (nSPS) is 15.7. The van der Waals surface area contributed by atoms with Crippen molar-refractivity contribution in [3.05, 3.63) is 34.4 Å². The molecule has 0 unspecified atom stereocenters. The molecule has 1 saturated heterocycles. The second-order valence-corrected chi connectivity index (χ2v) is 7.42. The summed E-state index contributed by atoms with van der Waals surface area (Å²) in [6, 6.07) is 7.68. The van der Waals surface area contributed by atoms with Gasteiger partial charge in [0.05, 0.1) is 0 Å². The minimum atomic E-state index is -0.326. The minimum absolute atomic E-state index is 0.214. The van der Waals surface area contributed by atoms with Crippen molar-refractivity contribution in [2.75, 3.05) is 31.2 Å². The van der Waals surface area contributed by atoms with Crippen molar-refractivity contribution in [1.82, 2.24) is 0 Å². The molecule has 0 bridgehead atoms. The molecule has 2 aromatic heterocycles. The molecule has 100 valence electrons. The average molecular weight is 343 g/mol. The first kappa shape index (κ1) is 12.9. The van der Waals surface area contributed by atoms with E-state index in [0.29, 0.717) is 0 Å². The van der Waals surface area contributed by atoms with Crippen molar-refractivity contribution in [2.24, 2.45) is 0 Å². The fourth-order valence-electron chi connectivity index (χ4n) is 1.97. The van der Waals surface area contributed by atoms with Crippen molar-refractivity contribution in [3.8, 4) is 9.31 Å². The van der Waals surface area contributed by atoms with Gasteiger partial charge in [0, 0.05) is 0 Å². The van der Waals surface area contributed by atoms with E-state index in [9.17, 15) is 10.1 Å². The first-order valence-corrected chi connectivity index (χ1v) is 8.44. The summed E-state index contributed by atoms with van der Waals surface area (Å²) in [4.78, 5) is 13.8. The molecule has 3 rings (SSSR count). The number of morpholine rings is 1. The second-order valence-electron chi connectivity index (χ2n) is 4.13. The van der Waals surface area contributed by atoms with Gasteiger partial charge in [-0.25, -0.2) is 0 Å². The summed E-state index contributed by atoms with van der Waals surface area (Å²) in [5.74, 6) is 0. The summed E-state index contributed by atoms with van der Waals surface area (Å²) in [5, 5.41) is 10.9. The molecule has 0 aliphatic carbocycles. The quantitative estimate of drug-likeness (QED) is 0.487. The van der Waals surface area contributed by atoms with E-state index in [4.69, 9.17) is 4.74 Å². The van der Waals surface area contributed by atoms with E-state index in [1.165, 1.54) is 20.3 Å². The third-order valence-electron chi connectivity index (χ3n) is 2.93. The standard InChI is InChI=1S/C12H12N2O3SSe/c15-14(16)11-3-1-9(18-11)10-2-4-12(19-10)13-5-7-17-8-6-13/h1-4H,5-8H2. The third-order valence-corrected chi connectivity index (χ3v) is 6.77. The van der Waals surface area contributed by atoms with Crippen LogP contribution in [0.2, 0.25) is 0 Å². The molecule has 3 heterocycles. The summed E-state index contributed by atoms with van der Waals surface area (Å²) >= 11 is 1.50. The summed E-state index contributed by atoms with van der Waals surface area (Å²) in [6.07, 6.45) is 0. The topological polar surface area (TPSA) is 55.6 Å². The van der Waals surface area contributed by atoms with Gasteiger partial charge in [0.2, 0.25) is 0 Å². The van der Waals surface area contributed by atoms with E-state index in [1.807, 2.05) is 6.07 Å². The predicted octanol–water partition coefficient (Wildman–Crippen LogP) is 2.22. The van der Waals surface area contributed by atoms with Crippen LogP contribution < -0.4 is 4.90 Å². The van der Waals surface area contributed by atoms with E-state index in [-0.39, 0.29) is 24.4 Å². The van der Waals surface area contributed by atoms with Gasteiger partial charge in [-0.15, -0.1) is 0 Å². The van der Waals surface area contributed by atoms with Gasteiger partial charge < -0.3 is 0 Å². The van der Waals surface area contributed by atoms with Crippen molar-refractivity contribution in [2.45, 2.75) is 0 Å². The van der Waals surface area contributed by atoms with Gasteiger partial charge in [-0.2, -0.15) is 0 Å². The van der Waals surface area contributed by atoms with Crippen molar-refractivity contribution in [1.29, 1.82) is 0 Å². The summed E-state index contributed by atoms with van der Waals surface area (Å²) < 4.78 is 7.93. The predicted molar refractivity (Wildman–Crippen MR) is 76.4 cm³/mol. The van der Waals surface area contributed by atoms with Crippen LogP contribution >= 0.6 is 11.3 Å². The Labute approximate surface area is 120 Å². The third kappa shape index (κ3) is 2.74. The number of hydrogen-bond donors (Lipinski definition) is 0. The molecule has 2 aromatic rings. The molecule has 5 nitrogen and oxygen atoms in total. The van der Waals surface area contributed by atoms with Gasteiger partial charge in [0.1, 0.15) is 0 Å². The fourth-order valence-corrected chi connectivity index (χ4v) is 5.24. The molecule has 0 atom stereocenters. The Morgan fingerprint density at radius 1 is 1.26 bits per heavy atom. The summed E-state index contributed by atoms with van der Waals surface area (Å²) in [6.45, 7) is 3.46. The Balaban J connectivity index is 1.81. The van der Waals surface area contributed by atoms with Crippen molar-refractivity contribution in [3.63, 3.8) is 0 Å². The van der Waals surface area contributed by atoms with Gasteiger partial charge >= 0.3 is 120 Å². The van der Waals surface area contributed by atoms with Crippen LogP contribution in [-0.2, 0) is 4.74 Å². The van der Waals surface area contributed by atoms with Crippen LogP contribution in [0.3, 0.4) is 0 Å². The first-order chi connectivity index (χ1) is 9.24. The Kier molecular flexibility index (Phi) is 3.70. The maximum absolute atomic E-state index is 10.7. The van der Waals surface area contributed by atoms with Crippen LogP contribution in [-0.4, -0.2) is 45.7 Å². The Morgan fingerprint density at radius 3 is 2.74 bits per heavy atom. The summed E-state index contributed by atoms with van der Waals surface area (Å²) in [7, 11) is 0. The van der Waals surface area contributed by atoms with Crippen LogP contribution in [0.15, 0.2) is 24.3 Å². The summed E-state index contributed by atoms with van der Waals surface area (Å²) in [5.41, 5.74) is 0. The Bertz CT molecular complexity index is 589. The molecule has 1 fully saturated rings. The van der Waals surface area contributed by atoms with Gasteiger partial charge in [0.15, 0.2) is 0 Å². The molecule has 0 spiro atoms. The van der Waals surface area contributed by atoms with Crippen molar-refractivity contribution < 1.29 is 9.66 Å². The Hall–Kier alpha value is -1.14. The molecular formula is C12H12N2O3SSe. The first-order valence-electron chi connectivity index (χ1n) is 5.91. The van der Waals surface area contributed by atoms with E-state index in [1.54, 1.807) is 6.07 Å². The molecule has 1 aliphatic rings. The van der Waals surface area contributed by atoms with Gasteiger partial charge in [-0.1, -0.05) is 0 Å². The number of hydrogen-bond acceptors (Lipinski definition) is 5. The average Bonchev–Trinajstić information content (AvgIpc) is 3.09. The molecule has 0 N–H and O–H groups in total. The zero-order valence-corrected chi connectivity index (χ0v) is 12.6. The number of thiophene rings is 1. The molecule has 0 saturated carbocycles. The zero-order chi connectivity index (χ0) is 13.2. The number of anilines is 1. The molecule has 7 heteroatoms. The Morgan fingerprint density at radius 2 is 2.05 bits per heavy atom. The van der Waals surface area contributed by atoms with E-state index < -0.39 is 0 Å². The molecular weight excluding hydrogens is 331 g/mol. The van der Waals surface area contributed by atoms with Gasteiger partial charge in [-0.3, -0.25) is 0 Å². The van der Waals surface area contributed by atoms with E-state index in [0.717, 1.165) is 31.2 Å². The zero-order valence-electron chi connectivity index (χ0n) is 10.1. The van der Waals surface area contributed by atoms with Gasteiger partial charge in [-0.05, 0) is 0 Å².